The zero-order valence-corrected chi connectivity index (χ0v) is 24.8. The van der Waals surface area contributed by atoms with Crippen molar-refractivity contribution in [1.29, 1.82) is 0 Å². The van der Waals surface area contributed by atoms with Crippen molar-refractivity contribution < 1.29 is 8.83 Å². The van der Waals surface area contributed by atoms with Gasteiger partial charge in [0.2, 0.25) is 0 Å². The Morgan fingerprint density at radius 2 is 1.05 bits per heavy atom. The van der Waals surface area contributed by atoms with Crippen molar-refractivity contribution in [2.24, 2.45) is 0 Å². The van der Waals surface area contributed by atoms with E-state index in [1.807, 2.05) is 18.2 Å². The molecule has 9 rings (SSSR count). The Morgan fingerprint density at radius 3 is 1.71 bits per heavy atom. The Bertz CT molecular complexity index is 2400. The molecule has 2 nitrogen and oxygen atoms in total. The minimum atomic E-state index is -0.206. The summed E-state index contributed by atoms with van der Waals surface area (Å²) in [6.07, 6.45) is 0. The third-order valence-electron chi connectivity index (χ3n) is 9.12. The normalized spacial score (nSPS) is 13.8. The zero-order chi connectivity index (χ0) is 28.2. The molecule has 0 saturated carbocycles. The van der Waals surface area contributed by atoms with Gasteiger partial charge in [0.25, 0.3) is 0 Å². The van der Waals surface area contributed by atoms with E-state index in [2.05, 4.69) is 127 Å². The molecule has 0 spiro atoms. The maximum Gasteiger partial charge on any atom is 0.143 e. The lowest BCUT2D eigenvalue weighted by Gasteiger charge is -2.25. The van der Waals surface area contributed by atoms with Gasteiger partial charge in [-0.2, -0.15) is 0 Å². The molecule has 8 aromatic rings. The summed E-state index contributed by atoms with van der Waals surface area (Å²) >= 11 is 3.74. The van der Waals surface area contributed by atoms with Gasteiger partial charge in [0, 0.05) is 42.6 Å². The average molecular weight is 606 g/mol. The number of hydrogen-bond acceptors (Lipinski definition) is 2. The lowest BCUT2D eigenvalue weighted by Crippen LogP contribution is -2.16. The van der Waals surface area contributed by atoms with E-state index < -0.39 is 0 Å². The summed E-state index contributed by atoms with van der Waals surface area (Å²) in [5.41, 5.74) is 13.2. The molecule has 0 N–H and O–H groups in total. The van der Waals surface area contributed by atoms with E-state index in [0.717, 1.165) is 65.0 Å². The van der Waals surface area contributed by atoms with Crippen molar-refractivity contribution in [3.63, 3.8) is 0 Å². The van der Waals surface area contributed by atoms with E-state index in [9.17, 15) is 0 Å². The molecule has 2 heterocycles. The maximum absolute atomic E-state index is 6.59. The number of para-hydroxylation sites is 4. The molecule has 0 fully saturated rings. The van der Waals surface area contributed by atoms with E-state index >= 15 is 0 Å². The SMILES string of the molecule is CC1(C)c2cc(Br)ccc2-c2cc(-c3cccc4c3oc3ccccc34)cc(-c3cccc4c3oc3ccccc34)c21. The van der Waals surface area contributed by atoms with Crippen molar-refractivity contribution in [1.82, 2.24) is 0 Å². The smallest absolute Gasteiger partial charge is 0.143 e. The summed E-state index contributed by atoms with van der Waals surface area (Å²) in [4.78, 5) is 0. The number of hydrogen-bond donors (Lipinski definition) is 0. The Balaban J connectivity index is 1.41. The highest BCUT2D eigenvalue weighted by molar-refractivity contribution is 9.10. The van der Waals surface area contributed by atoms with Crippen LogP contribution in [0.4, 0.5) is 0 Å². The van der Waals surface area contributed by atoms with Crippen LogP contribution in [0.5, 0.6) is 0 Å². The third-order valence-corrected chi connectivity index (χ3v) is 9.61. The van der Waals surface area contributed by atoms with Gasteiger partial charge in [-0.15, -0.1) is 0 Å². The van der Waals surface area contributed by atoms with Gasteiger partial charge in [-0.05, 0) is 69.8 Å². The molecule has 0 atom stereocenters. The first-order valence-electron chi connectivity index (χ1n) is 14.3. The van der Waals surface area contributed by atoms with Gasteiger partial charge in [-0.3, -0.25) is 0 Å². The largest absolute Gasteiger partial charge is 0.455 e. The minimum absolute atomic E-state index is 0.206. The Kier molecular flexibility index (Phi) is 4.85. The molecule has 0 unspecified atom stereocenters. The van der Waals surface area contributed by atoms with Gasteiger partial charge in [0.05, 0.1) is 0 Å². The fourth-order valence-electron chi connectivity index (χ4n) is 7.23. The van der Waals surface area contributed by atoms with Crippen LogP contribution in [-0.2, 0) is 5.41 Å². The number of furan rings is 2. The van der Waals surface area contributed by atoms with Crippen molar-refractivity contribution >= 4 is 59.8 Å². The van der Waals surface area contributed by atoms with Crippen LogP contribution in [0.2, 0.25) is 0 Å². The molecule has 1 aliphatic carbocycles. The topological polar surface area (TPSA) is 26.3 Å². The van der Waals surface area contributed by atoms with Crippen molar-refractivity contribution in [2.45, 2.75) is 19.3 Å². The summed E-state index contributed by atoms with van der Waals surface area (Å²) in [5.74, 6) is 0. The maximum atomic E-state index is 6.59. The molecular formula is C39H25BrO2. The second-order valence-corrected chi connectivity index (χ2v) is 12.7. The van der Waals surface area contributed by atoms with Crippen LogP contribution in [0, 0.1) is 0 Å². The molecule has 0 amide bonds. The van der Waals surface area contributed by atoms with E-state index in [1.54, 1.807) is 0 Å². The van der Waals surface area contributed by atoms with Crippen LogP contribution in [0.15, 0.2) is 129 Å². The standard InChI is InChI=1S/C39H25BrO2/c1-39(2)33-21-23(40)17-18-25(33)31-19-22(24-11-7-12-28-26-9-3-5-15-34(26)41-37(24)28)20-32(36(31)39)30-14-8-13-29-27-10-4-6-16-35(27)42-38(29)30/h3-21H,1-2H3. The highest BCUT2D eigenvalue weighted by Gasteiger charge is 2.39. The summed E-state index contributed by atoms with van der Waals surface area (Å²) in [6.45, 7) is 4.68. The second kappa shape index (κ2) is 8.47. The van der Waals surface area contributed by atoms with E-state index in [0.29, 0.717) is 0 Å². The molecule has 0 saturated heterocycles. The van der Waals surface area contributed by atoms with Crippen LogP contribution >= 0.6 is 15.9 Å². The first kappa shape index (κ1) is 24.0. The lowest BCUT2D eigenvalue weighted by molar-refractivity contribution is 0.659. The molecule has 200 valence electrons. The molecule has 0 radical (unpaired) electrons. The van der Waals surface area contributed by atoms with Gasteiger partial charge >= 0.3 is 0 Å². The zero-order valence-electron chi connectivity index (χ0n) is 23.2. The van der Waals surface area contributed by atoms with Gasteiger partial charge in [0.1, 0.15) is 22.3 Å². The summed E-state index contributed by atoms with van der Waals surface area (Å²) in [5, 5.41) is 4.55. The quantitative estimate of drug-likeness (QED) is 0.196. The monoisotopic (exact) mass is 604 g/mol. The minimum Gasteiger partial charge on any atom is -0.455 e. The van der Waals surface area contributed by atoms with Crippen LogP contribution in [0.25, 0.3) is 77.3 Å². The predicted molar refractivity (Wildman–Crippen MR) is 177 cm³/mol. The Hall–Kier alpha value is -4.60. The predicted octanol–water partition coefficient (Wildman–Crippen LogP) is 11.9. The summed E-state index contributed by atoms with van der Waals surface area (Å²) in [7, 11) is 0. The summed E-state index contributed by atoms with van der Waals surface area (Å²) in [6, 6.07) is 41.0. The molecule has 42 heavy (non-hydrogen) atoms. The summed E-state index contributed by atoms with van der Waals surface area (Å²) < 4.78 is 14.2. The fourth-order valence-corrected chi connectivity index (χ4v) is 7.59. The first-order valence-corrected chi connectivity index (χ1v) is 15.1. The van der Waals surface area contributed by atoms with Crippen molar-refractivity contribution in [3.8, 4) is 33.4 Å². The average Bonchev–Trinajstić information content (AvgIpc) is 3.65. The van der Waals surface area contributed by atoms with Crippen molar-refractivity contribution in [2.75, 3.05) is 0 Å². The van der Waals surface area contributed by atoms with Crippen molar-refractivity contribution in [3.05, 3.63) is 131 Å². The fraction of sp³-hybridized carbons (Fsp3) is 0.0769. The number of rotatable bonds is 2. The number of halogens is 1. The molecule has 0 aliphatic heterocycles. The van der Waals surface area contributed by atoms with Crippen LogP contribution in [0.1, 0.15) is 25.0 Å². The first-order chi connectivity index (χ1) is 20.5. The molecule has 1 aliphatic rings. The number of benzene rings is 6. The second-order valence-electron chi connectivity index (χ2n) is 11.8. The Labute approximate surface area is 251 Å². The van der Waals surface area contributed by atoms with E-state index in [4.69, 9.17) is 8.83 Å². The van der Waals surface area contributed by atoms with Crippen LogP contribution in [0.3, 0.4) is 0 Å². The molecule has 3 heteroatoms. The van der Waals surface area contributed by atoms with Gasteiger partial charge in [0.15, 0.2) is 0 Å². The lowest BCUT2D eigenvalue weighted by atomic mass is 9.78. The van der Waals surface area contributed by atoms with Crippen LogP contribution < -0.4 is 0 Å². The van der Waals surface area contributed by atoms with Crippen LogP contribution in [-0.4, -0.2) is 0 Å². The van der Waals surface area contributed by atoms with Gasteiger partial charge in [-0.25, -0.2) is 0 Å². The van der Waals surface area contributed by atoms with Gasteiger partial charge in [-0.1, -0.05) is 109 Å². The highest BCUT2D eigenvalue weighted by atomic mass is 79.9. The molecule has 0 bridgehead atoms. The Morgan fingerprint density at radius 1 is 0.500 bits per heavy atom. The molecule has 2 aromatic heterocycles. The molecular weight excluding hydrogens is 580 g/mol. The van der Waals surface area contributed by atoms with E-state index in [-0.39, 0.29) is 5.41 Å². The third kappa shape index (κ3) is 3.20. The highest BCUT2D eigenvalue weighted by Crippen LogP contribution is 2.55. The number of fused-ring (bicyclic) bond motifs is 9. The van der Waals surface area contributed by atoms with Gasteiger partial charge < -0.3 is 8.83 Å². The van der Waals surface area contributed by atoms with E-state index in [1.165, 1.54) is 27.8 Å². The molecule has 6 aromatic carbocycles.